The minimum Gasteiger partial charge on any atom is -0.480 e. The van der Waals surface area contributed by atoms with Crippen LogP contribution in [0.15, 0.2) is 29.2 Å². The number of hydrogen-bond acceptors (Lipinski definition) is 3. The number of aryl methyl sites for hydroxylation is 1. The molecule has 0 aliphatic carbocycles. The Labute approximate surface area is 120 Å². The average molecular weight is 299 g/mol. The molecule has 0 amide bonds. The average Bonchev–Trinajstić information content (AvgIpc) is 2.37. The summed E-state index contributed by atoms with van der Waals surface area (Å²) >= 11 is 0. The molecular formula is C14H21NO4S. The molecule has 1 atom stereocenters. The van der Waals surface area contributed by atoms with Crippen molar-refractivity contribution in [3.8, 4) is 0 Å². The lowest BCUT2D eigenvalue weighted by atomic mass is 10.1. The van der Waals surface area contributed by atoms with Crippen LogP contribution in [0.3, 0.4) is 0 Å². The Hall–Kier alpha value is -1.40. The van der Waals surface area contributed by atoms with Gasteiger partial charge >= 0.3 is 5.97 Å². The largest absolute Gasteiger partial charge is 0.480 e. The second-order valence-electron chi connectivity index (χ2n) is 5.14. The molecule has 0 heterocycles. The summed E-state index contributed by atoms with van der Waals surface area (Å²) in [4.78, 5) is 11.2. The summed E-state index contributed by atoms with van der Waals surface area (Å²) in [5.74, 6) is -1.07. The maximum Gasteiger partial charge on any atom is 0.321 e. The summed E-state index contributed by atoms with van der Waals surface area (Å²) in [7, 11) is -3.81. The lowest BCUT2D eigenvalue weighted by molar-refractivity contribution is -0.139. The van der Waals surface area contributed by atoms with Crippen molar-refractivity contribution in [2.75, 3.05) is 0 Å². The van der Waals surface area contributed by atoms with Crippen LogP contribution >= 0.6 is 0 Å². The highest BCUT2D eigenvalue weighted by atomic mass is 32.2. The van der Waals surface area contributed by atoms with Crippen molar-refractivity contribution < 1.29 is 18.3 Å². The minimum atomic E-state index is -3.81. The molecule has 0 radical (unpaired) electrons. The fourth-order valence-corrected chi connectivity index (χ4v) is 3.13. The Morgan fingerprint density at radius 1 is 1.35 bits per heavy atom. The number of nitrogens with one attached hydrogen (secondary N) is 1. The smallest absolute Gasteiger partial charge is 0.321 e. The van der Waals surface area contributed by atoms with E-state index in [-0.39, 0.29) is 17.2 Å². The second-order valence-corrected chi connectivity index (χ2v) is 6.86. The van der Waals surface area contributed by atoms with Crippen LogP contribution in [0, 0.1) is 5.92 Å². The highest BCUT2D eigenvalue weighted by Crippen LogP contribution is 2.14. The Bertz CT molecular complexity index is 566. The van der Waals surface area contributed by atoms with Crippen LogP contribution in [-0.4, -0.2) is 25.5 Å². The maximum absolute atomic E-state index is 12.2. The molecule has 6 heteroatoms. The lowest BCUT2D eigenvalue weighted by Crippen LogP contribution is -2.41. The first kappa shape index (κ1) is 16.7. The van der Waals surface area contributed by atoms with Crippen molar-refractivity contribution in [2.24, 2.45) is 5.92 Å². The molecule has 20 heavy (non-hydrogen) atoms. The molecule has 0 fully saturated rings. The van der Waals surface area contributed by atoms with E-state index in [1.165, 1.54) is 6.07 Å². The molecular weight excluding hydrogens is 278 g/mol. The number of carboxylic acid groups (broad SMARTS) is 1. The Morgan fingerprint density at radius 2 is 2.00 bits per heavy atom. The van der Waals surface area contributed by atoms with Gasteiger partial charge in [-0.15, -0.1) is 0 Å². The first-order valence-corrected chi connectivity index (χ1v) is 8.08. The van der Waals surface area contributed by atoms with E-state index in [9.17, 15) is 13.2 Å². The SMILES string of the molecule is CCc1cccc(S(=O)(=O)N[C@H](CC(C)C)C(=O)O)c1. The molecule has 1 aromatic rings. The number of carboxylic acids is 1. The van der Waals surface area contributed by atoms with Gasteiger partial charge in [-0.05, 0) is 36.5 Å². The van der Waals surface area contributed by atoms with Gasteiger partial charge in [0.15, 0.2) is 0 Å². The molecule has 0 saturated heterocycles. The number of hydrogen-bond donors (Lipinski definition) is 2. The third-order valence-corrected chi connectivity index (χ3v) is 4.39. The normalized spacial score (nSPS) is 13.4. The number of rotatable bonds is 7. The molecule has 0 aromatic heterocycles. The summed E-state index contributed by atoms with van der Waals surface area (Å²) in [6.45, 7) is 5.63. The van der Waals surface area contributed by atoms with Crippen LogP contribution in [-0.2, 0) is 21.2 Å². The highest BCUT2D eigenvalue weighted by molar-refractivity contribution is 7.89. The molecule has 0 bridgehead atoms. The van der Waals surface area contributed by atoms with Crippen molar-refractivity contribution >= 4 is 16.0 Å². The third kappa shape index (κ3) is 4.61. The highest BCUT2D eigenvalue weighted by Gasteiger charge is 2.26. The zero-order chi connectivity index (χ0) is 15.3. The van der Waals surface area contributed by atoms with Crippen LogP contribution in [0.5, 0.6) is 0 Å². The maximum atomic E-state index is 12.2. The molecule has 112 valence electrons. The van der Waals surface area contributed by atoms with Gasteiger partial charge in [0.25, 0.3) is 0 Å². The molecule has 0 aliphatic rings. The first-order valence-electron chi connectivity index (χ1n) is 6.60. The summed E-state index contributed by atoms with van der Waals surface area (Å²) in [5, 5.41) is 9.11. The van der Waals surface area contributed by atoms with E-state index in [4.69, 9.17) is 5.11 Å². The van der Waals surface area contributed by atoms with Gasteiger partial charge in [-0.2, -0.15) is 4.72 Å². The van der Waals surface area contributed by atoms with Gasteiger partial charge in [0, 0.05) is 0 Å². The molecule has 0 saturated carbocycles. The van der Waals surface area contributed by atoms with Crippen LogP contribution < -0.4 is 4.72 Å². The molecule has 2 N–H and O–H groups in total. The van der Waals surface area contributed by atoms with E-state index >= 15 is 0 Å². The van der Waals surface area contributed by atoms with Gasteiger partial charge in [-0.1, -0.05) is 32.9 Å². The zero-order valence-electron chi connectivity index (χ0n) is 12.0. The standard InChI is InChI=1S/C14H21NO4S/c1-4-11-6-5-7-12(9-11)20(18,19)15-13(14(16)17)8-10(2)3/h5-7,9-10,13,15H,4,8H2,1-3H3,(H,16,17)/t13-/m1/s1. The van der Waals surface area contributed by atoms with E-state index in [1.54, 1.807) is 12.1 Å². The van der Waals surface area contributed by atoms with Gasteiger partial charge in [0.05, 0.1) is 4.90 Å². The fraction of sp³-hybridized carbons (Fsp3) is 0.500. The Balaban J connectivity index is 3.00. The van der Waals surface area contributed by atoms with Crippen molar-refractivity contribution in [3.63, 3.8) is 0 Å². The Morgan fingerprint density at radius 3 is 2.50 bits per heavy atom. The monoisotopic (exact) mass is 299 g/mol. The molecule has 1 aromatic carbocycles. The van der Waals surface area contributed by atoms with Crippen LogP contribution in [0.2, 0.25) is 0 Å². The van der Waals surface area contributed by atoms with Crippen LogP contribution in [0.25, 0.3) is 0 Å². The van der Waals surface area contributed by atoms with E-state index < -0.39 is 22.0 Å². The van der Waals surface area contributed by atoms with Gasteiger partial charge in [0.2, 0.25) is 10.0 Å². The fourth-order valence-electron chi connectivity index (χ4n) is 1.86. The van der Waals surface area contributed by atoms with Gasteiger partial charge in [0.1, 0.15) is 6.04 Å². The van der Waals surface area contributed by atoms with E-state index in [2.05, 4.69) is 4.72 Å². The summed E-state index contributed by atoms with van der Waals surface area (Å²) in [6, 6.07) is 5.42. The van der Waals surface area contributed by atoms with Gasteiger partial charge in [-0.3, -0.25) is 4.79 Å². The molecule has 0 spiro atoms. The quantitative estimate of drug-likeness (QED) is 0.807. The molecule has 0 unspecified atom stereocenters. The van der Waals surface area contributed by atoms with Crippen molar-refractivity contribution in [3.05, 3.63) is 29.8 Å². The van der Waals surface area contributed by atoms with Gasteiger partial charge < -0.3 is 5.11 Å². The number of aliphatic carboxylic acids is 1. The molecule has 5 nitrogen and oxygen atoms in total. The van der Waals surface area contributed by atoms with Crippen LogP contribution in [0.4, 0.5) is 0 Å². The summed E-state index contributed by atoms with van der Waals surface area (Å²) < 4.78 is 26.7. The van der Waals surface area contributed by atoms with Crippen molar-refractivity contribution in [1.29, 1.82) is 0 Å². The third-order valence-electron chi connectivity index (χ3n) is 2.92. The van der Waals surface area contributed by atoms with Crippen molar-refractivity contribution in [1.82, 2.24) is 4.72 Å². The zero-order valence-corrected chi connectivity index (χ0v) is 12.8. The van der Waals surface area contributed by atoms with E-state index in [0.29, 0.717) is 0 Å². The van der Waals surface area contributed by atoms with E-state index in [1.807, 2.05) is 26.8 Å². The summed E-state index contributed by atoms with van der Waals surface area (Å²) in [6.07, 6.45) is 0.972. The van der Waals surface area contributed by atoms with Crippen molar-refractivity contribution in [2.45, 2.75) is 44.6 Å². The summed E-state index contributed by atoms with van der Waals surface area (Å²) in [5.41, 5.74) is 0.892. The first-order chi connectivity index (χ1) is 9.26. The van der Waals surface area contributed by atoms with E-state index in [0.717, 1.165) is 12.0 Å². The topological polar surface area (TPSA) is 83.5 Å². The lowest BCUT2D eigenvalue weighted by Gasteiger charge is -2.16. The van der Waals surface area contributed by atoms with Crippen LogP contribution in [0.1, 0.15) is 32.8 Å². The predicted molar refractivity (Wildman–Crippen MR) is 77.0 cm³/mol. The number of carbonyl (C=O) groups is 1. The molecule has 1 rings (SSSR count). The minimum absolute atomic E-state index is 0.0841. The predicted octanol–water partition coefficient (Wildman–Crippen LogP) is 2.03. The molecule has 0 aliphatic heterocycles. The second kappa shape index (κ2) is 6.85. The number of sulfonamides is 1. The number of benzene rings is 1. The Kier molecular flexibility index (Phi) is 5.71. The van der Waals surface area contributed by atoms with Gasteiger partial charge in [-0.25, -0.2) is 8.42 Å².